The molecule has 0 spiro atoms. The Morgan fingerprint density at radius 2 is 1.83 bits per heavy atom. The zero-order chi connectivity index (χ0) is 25.9. The van der Waals surface area contributed by atoms with Gasteiger partial charge < -0.3 is 18.8 Å². The number of amides is 1. The fraction of sp³-hybridized carbons (Fsp3) is 0.440. The number of hydrogen-bond donors (Lipinski definition) is 0. The van der Waals surface area contributed by atoms with Gasteiger partial charge in [-0.15, -0.1) is 0 Å². The lowest BCUT2D eigenvalue weighted by molar-refractivity contribution is -0.0440. The van der Waals surface area contributed by atoms with E-state index in [4.69, 9.17) is 14.2 Å². The number of morpholine rings is 1. The van der Waals surface area contributed by atoms with Gasteiger partial charge in [0.05, 0.1) is 35.0 Å². The average Bonchev–Trinajstić information content (AvgIpc) is 3.20. The summed E-state index contributed by atoms with van der Waals surface area (Å²) in [7, 11) is -2.07. The first-order chi connectivity index (χ1) is 17.2. The van der Waals surface area contributed by atoms with Crippen LogP contribution in [0.2, 0.25) is 0 Å². The van der Waals surface area contributed by atoms with Gasteiger partial charge in [0.2, 0.25) is 10.0 Å². The third-order valence-corrected chi connectivity index (χ3v) is 8.69. The highest BCUT2D eigenvalue weighted by molar-refractivity contribution is 7.89. The van der Waals surface area contributed by atoms with Crippen LogP contribution in [0.1, 0.15) is 31.1 Å². The molecule has 36 heavy (non-hydrogen) atoms. The molecule has 1 saturated heterocycles. The van der Waals surface area contributed by atoms with Gasteiger partial charge in [-0.3, -0.25) is 4.79 Å². The highest BCUT2D eigenvalue weighted by Crippen LogP contribution is 2.28. The number of rotatable bonds is 8. The molecule has 2 heterocycles. The van der Waals surface area contributed by atoms with Crippen LogP contribution in [0.15, 0.2) is 52.4 Å². The fourth-order valence-corrected chi connectivity index (χ4v) is 6.90. The minimum atomic E-state index is -3.69. The Labute approximate surface area is 215 Å². The summed E-state index contributed by atoms with van der Waals surface area (Å²) in [6, 6.07) is 11.7. The summed E-state index contributed by atoms with van der Waals surface area (Å²) in [5.41, 5.74) is 1.17. The molecular formula is C25H31N3O6S2. The molecule has 11 heteroatoms. The molecule has 2 atom stereocenters. The number of sulfonamides is 1. The van der Waals surface area contributed by atoms with Crippen molar-refractivity contribution in [3.05, 3.63) is 52.8 Å². The van der Waals surface area contributed by atoms with E-state index < -0.39 is 15.9 Å². The lowest BCUT2D eigenvalue weighted by atomic mass is 10.2. The monoisotopic (exact) mass is 533 g/mol. The van der Waals surface area contributed by atoms with Crippen molar-refractivity contribution in [1.82, 2.24) is 8.87 Å². The number of thiazole rings is 1. The SMILES string of the molecule is CCOc1cccc2sc(=NC(=O)c3ccc(S(=O)(=O)N4C[C@@H](C)O[C@H](C)C4)cc3)n(CCOC)c12. The number of para-hydroxylation sites is 1. The molecule has 0 bridgehead atoms. The molecule has 1 aliphatic heterocycles. The number of methoxy groups -OCH3 is 1. The number of nitrogens with zero attached hydrogens (tertiary/aromatic N) is 3. The van der Waals surface area contributed by atoms with Crippen LogP contribution in [0, 0.1) is 0 Å². The number of aromatic nitrogens is 1. The van der Waals surface area contributed by atoms with Gasteiger partial charge in [-0.2, -0.15) is 9.30 Å². The van der Waals surface area contributed by atoms with E-state index in [1.165, 1.54) is 39.9 Å². The Morgan fingerprint density at radius 1 is 1.14 bits per heavy atom. The molecule has 0 unspecified atom stereocenters. The number of fused-ring (bicyclic) bond motifs is 1. The van der Waals surface area contributed by atoms with E-state index in [1.54, 1.807) is 7.11 Å². The summed E-state index contributed by atoms with van der Waals surface area (Å²) in [5.74, 6) is 0.265. The van der Waals surface area contributed by atoms with E-state index in [0.717, 1.165) is 16.0 Å². The fourth-order valence-electron chi connectivity index (χ4n) is 4.24. The van der Waals surface area contributed by atoms with Gasteiger partial charge in [0.25, 0.3) is 5.91 Å². The maximum atomic E-state index is 13.1. The maximum absolute atomic E-state index is 13.1. The van der Waals surface area contributed by atoms with Crippen LogP contribution < -0.4 is 9.54 Å². The van der Waals surface area contributed by atoms with Crippen molar-refractivity contribution in [3.8, 4) is 5.75 Å². The van der Waals surface area contributed by atoms with Gasteiger partial charge in [0, 0.05) is 32.3 Å². The van der Waals surface area contributed by atoms with Crippen LogP contribution in [-0.4, -0.2) is 68.8 Å². The number of ether oxygens (including phenoxy) is 3. The van der Waals surface area contributed by atoms with Crippen LogP contribution in [0.5, 0.6) is 5.75 Å². The topological polar surface area (TPSA) is 99.4 Å². The third kappa shape index (κ3) is 5.55. The molecule has 1 fully saturated rings. The van der Waals surface area contributed by atoms with Gasteiger partial charge >= 0.3 is 0 Å². The van der Waals surface area contributed by atoms with Crippen molar-refractivity contribution in [2.75, 3.05) is 33.4 Å². The van der Waals surface area contributed by atoms with Crippen molar-refractivity contribution in [2.24, 2.45) is 4.99 Å². The van der Waals surface area contributed by atoms with Gasteiger partial charge in [-0.05, 0) is 57.2 Å². The number of benzene rings is 2. The van der Waals surface area contributed by atoms with Crippen molar-refractivity contribution in [3.63, 3.8) is 0 Å². The maximum Gasteiger partial charge on any atom is 0.279 e. The molecule has 9 nitrogen and oxygen atoms in total. The second-order valence-corrected chi connectivity index (χ2v) is 11.5. The Bertz CT molecular complexity index is 1390. The van der Waals surface area contributed by atoms with Crippen LogP contribution >= 0.6 is 11.3 Å². The lowest BCUT2D eigenvalue weighted by Gasteiger charge is -2.34. The molecule has 194 valence electrons. The second kappa shape index (κ2) is 11.2. The lowest BCUT2D eigenvalue weighted by Crippen LogP contribution is -2.48. The van der Waals surface area contributed by atoms with Crippen LogP contribution in [0.3, 0.4) is 0 Å². The standard InChI is InChI=1S/C25H31N3O6S2/c1-5-33-21-7-6-8-22-23(21)28(13-14-32-4)25(35-22)26-24(29)19-9-11-20(12-10-19)36(30,31)27-15-17(2)34-18(3)16-27/h6-12,17-18H,5,13-16H2,1-4H3/t17-,18-/m1/s1. The van der Waals surface area contributed by atoms with E-state index in [2.05, 4.69) is 4.99 Å². The molecule has 2 aromatic carbocycles. The predicted octanol–water partition coefficient (Wildman–Crippen LogP) is 3.29. The summed E-state index contributed by atoms with van der Waals surface area (Å²) in [6.45, 7) is 7.67. The summed E-state index contributed by atoms with van der Waals surface area (Å²) < 4.78 is 47.2. The number of hydrogen-bond acceptors (Lipinski definition) is 7. The minimum Gasteiger partial charge on any atom is -0.492 e. The summed E-state index contributed by atoms with van der Waals surface area (Å²) >= 11 is 1.39. The van der Waals surface area contributed by atoms with Crippen molar-refractivity contribution in [1.29, 1.82) is 0 Å². The Morgan fingerprint density at radius 3 is 2.47 bits per heavy atom. The molecule has 0 aliphatic carbocycles. The molecule has 0 radical (unpaired) electrons. The number of carbonyl (C=O) groups excluding carboxylic acids is 1. The van der Waals surface area contributed by atoms with Crippen LogP contribution in [0.25, 0.3) is 10.2 Å². The predicted molar refractivity (Wildman–Crippen MR) is 138 cm³/mol. The highest BCUT2D eigenvalue weighted by Gasteiger charge is 2.32. The summed E-state index contributed by atoms with van der Waals surface area (Å²) in [4.78, 5) is 18.1. The van der Waals surface area contributed by atoms with Gasteiger partial charge in [-0.25, -0.2) is 8.42 Å². The molecule has 0 saturated carbocycles. The van der Waals surface area contributed by atoms with E-state index in [0.29, 0.717) is 43.2 Å². The minimum absolute atomic E-state index is 0.138. The highest BCUT2D eigenvalue weighted by atomic mass is 32.2. The Balaban J connectivity index is 1.65. The molecule has 1 aromatic heterocycles. The van der Waals surface area contributed by atoms with E-state index in [9.17, 15) is 13.2 Å². The van der Waals surface area contributed by atoms with E-state index in [1.807, 2.05) is 43.5 Å². The Kier molecular flexibility index (Phi) is 8.26. The van der Waals surface area contributed by atoms with Crippen molar-refractivity contribution >= 4 is 37.5 Å². The first-order valence-corrected chi connectivity index (χ1v) is 14.1. The molecule has 0 N–H and O–H groups in total. The van der Waals surface area contributed by atoms with E-state index in [-0.39, 0.29) is 17.1 Å². The largest absolute Gasteiger partial charge is 0.492 e. The smallest absolute Gasteiger partial charge is 0.279 e. The normalized spacial score (nSPS) is 19.6. The molecule has 1 aliphatic rings. The summed E-state index contributed by atoms with van der Waals surface area (Å²) in [5, 5.41) is 0. The Hall–Kier alpha value is -2.57. The molecule has 4 rings (SSSR count). The first-order valence-electron chi connectivity index (χ1n) is 11.8. The molecule has 1 amide bonds. The quantitative estimate of drug-likeness (QED) is 0.441. The van der Waals surface area contributed by atoms with Gasteiger partial charge in [-0.1, -0.05) is 17.4 Å². The summed E-state index contributed by atoms with van der Waals surface area (Å²) in [6.07, 6.45) is -0.366. The van der Waals surface area contributed by atoms with Gasteiger partial charge in [0.1, 0.15) is 11.3 Å². The van der Waals surface area contributed by atoms with Gasteiger partial charge in [0.15, 0.2) is 4.80 Å². The zero-order valence-corrected chi connectivity index (χ0v) is 22.5. The second-order valence-electron chi connectivity index (χ2n) is 8.59. The average molecular weight is 534 g/mol. The van der Waals surface area contributed by atoms with Crippen molar-refractivity contribution < 1.29 is 27.4 Å². The van der Waals surface area contributed by atoms with E-state index >= 15 is 0 Å². The van der Waals surface area contributed by atoms with Crippen LogP contribution in [-0.2, 0) is 26.0 Å². The zero-order valence-electron chi connectivity index (χ0n) is 20.8. The third-order valence-electron chi connectivity index (χ3n) is 5.81. The first kappa shape index (κ1) is 26.5. The van der Waals surface area contributed by atoms with Crippen LogP contribution in [0.4, 0.5) is 0 Å². The molecular weight excluding hydrogens is 502 g/mol. The van der Waals surface area contributed by atoms with Crippen molar-refractivity contribution in [2.45, 2.75) is 44.4 Å². The number of carbonyl (C=O) groups is 1. The molecule has 3 aromatic rings.